The van der Waals surface area contributed by atoms with E-state index in [4.69, 9.17) is 4.74 Å². The van der Waals surface area contributed by atoms with Gasteiger partial charge in [0.2, 0.25) is 10.0 Å². The van der Waals surface area contributed by atoms with Gasteiger partial charge in [0, 0.05) is 44.3 Å². The van der Waals surface area contributed by atoms with Gasteiger partial charge in [0.1, 0.15) is 11.6 Å². The van der Waals surface area contributed by atoms with Gasteiger partial charge in [-0.1, -0.05) is 24.8 Å². The number of hydrogen-bond acceptors (Lipinski definition) is 6. The lowest BCUT2D eigenvalue weighted by Crippen LogP contribution is -2.26. The smallest absolute Gasteiger partial charge is 0.243 e. The highest BCUT2D eigenvalue weighted by atomic mass is 32.2. The number of imidazole rings is 1. The Hall–Kier alpha value is -3.95. The zero-order chi connectivity index (χ0) is 25.0. The molecule has 4 aromatic rings. The van der Waals surface area contributed by atoms with E-state index in [0.717, 1.165) is 16.9 Å². The molecular formula is C26H27N5O3S. The highest BCUT2D eigenvalue weighted by Gasteiger charge is 2.23. The van der Waals surface area contributed by atoms with E-state index in [1.165, 1.54) is 4.31 Å². The van der Waals surface area contributed by atoms with Crippen molar-refractivity contribution in [2.24, 2.45) is 7.05 Å². The number of rotatable bonds is 9. The number of nitrogens with one attached hydrogen (secondary N) is 1. The second kappa shape index (κ2) is 10.1. The Morgan fingerprint density at radius 1 is 1.11 bits per heavy atom. The third-order valence-electron chi connectivity index (χ3n) is 5.53. The van der Waals surface area contributed by atoms with Gasteiger partial charge >= 0.3 is 0 Å². The summed E-state index contributed by atoms with van der Waals surface area (Å²) in [7, 11) is 1.26. The van der Waals surface area contributed by atoms with Crippen molar-refractivity contribution in [3.05, 3.63) is 91.0 Å². The maximum atomic E-state index is 13.4. The topological polar surface area (TPSA) is 89.4 Å². The average molecular weight is 490 g/mol. The molecule has 9 heteroatoms. The summed E-state index contributed by atoms with van der Waals surface area (Å²) >= 11 is 0. The van der Waals surface area contributed by atoms with Gasteiger partial charge < -0.3 is 14.6 Å². The van der Waals surface area contributed by atoms with E-state index in [1.54, 1.807) is 51.0 Å². The van der Waals surface area contributed by atoms with Crippen LogP contribution in [0.3, 0.4) is 0 Å². The summed E-state index contributed by atoms with van der Waals surface area (Å²) in [4.78, 5) is 9.01. The minimum absolute atomic E-state index is 0.176. The zero-order valence-corrected chi connectivity index (χ0v) is 20.7. The quantitative estimate of drug-likeness (QED) is 0.367. The average Bonchev–Trinajstić information content (AvgIpc) is 3.31. The Labute approximate surface area is 205 Å². The number of nitrogens with zero attached hydrogens (tertiary/aromatic N) is 4. The molecule has 4 rings (SSSR count). The lowest BCUT2D eigenvalue weighted by atomic mass is 10.1. The molecule has 180 valence electrons. The molecule has 8 nitrogen and oxygen atoms in total. The molecule has 0 saturated heterocycles. The van der Waals surface area contributed by atoms with Gasteiger partial charge in [0.25, 0.3) is 0 Å². The van der Waals surface area contributed by atoms with Gasteiger partial charge in [0.15, 0.2) is 0 Å². The first-order valence-electron chi connectivity index (χ1n) is 10.9. The summed E-state index contributed by atoms with van der Waals surface area (Å²) in [5, 5.41) is 3.28. The molecule has 2 aromatic heterocycles. The molecule has 2 heterocycles. The lowest BCUT2D eigenvalue weighted by Gasteiger charge is -2.19. The molecule has 0 aliphatic carbocycles. The summed E-state index contributed by atoms with van der Waals surface area (Å²) in [6, 6.07) is 16.0. The van der Waals surface area contributed by atoms with Crippen molar-refractivity contribution < 1.29 is 13.2 Å². The standard InChI is InChI=1S/C26H27N5O3S/c1-5-19-8-13-26(27-15-19)29-24-12-11-22(14-23(24)25-17-30(2)18-28-25)35(32,33)31(3)16-20-6-9-21(34-4)10-7-20/h5-15,17-18H,1,16H2,2-4H3,(H,27,29). The number of benzene rings is 2. The number of anilines is 2. The molecule has 2 aromatic carbocycles. The fourth-order valence-corrected chi connectivity index (χ4v) is 4.73. The van der Waals surface area contributed by atoms with Crippen LogP contribution in [0.5, 0.6) is 5.75 Å². The van der Waals surface area contributed by atoms with Crippen LogP contribution in [-0.4, -0.2) is 41.4 Å². The highest BCUT2D eigenvalue weighted by molar-refractivity contribution is 7.89. The maximum absolute atomic E-state index is 13.4. The van der Waals surface area contributed by atoms with Crippen molar-refractivity contribution in [1.29, 1.82) is 0 Å². The summed E-state index contributed by atoms with van der Waals surface area (Å²) in [5.74, 6) is 1.34. The fourth-order valence-electron chi connectivity index (χ4n) is 3.55. The minimum Gasteiger partial charge on any atom is -0.497 e. The normalized spacial score (nSPS) is 11.4. The summed E-state index contributed by atoms with van der Waals surface area (Å²) < 4.78 is 35.2. The summed E-state index contributed by atoms with van der Waals surface area (Å²) in [5.41, 5.74) is 3.75. The van der Waals surface area contributed by atoms with Gasteiger partial charge in [-0.05, 0) is 53.6 Å². The van der Waals surface area contributed by atoms with E-state index in [2.05, 4.69) is 21.9 Å². The second-order valence-corrected chi connectivity index (χ2v) is 10.1. The van der Waals surface area contributed by atoms with Crippen LogP contribution in [0, 0.1) is 0 Å². The van der Waals surface area contributed by atoms with Crippen LogP contribution in [0.1, 0.15) is 11.1 Å². The first-order chi connectivity index (χ1) is 16.8. The van der Waals surface area contributed by atoms with Crippen LogP contribution in [0.4, 0.5) is 11.5 Å². The van der Waals surface area contributed by atoms with E-state index in [-0.39, 0.29) is 11.4 Å². The number of hydrogen-bond donors (Lipinski definition) is 1. The number of sulfonamides is 1. The second-order valence-electron chi connectivity index (χ2n) is 8.05. The fraction of sp³-hybridized carbons (Fsp3) is 0.154. The number of ether oxygens (including phenoxy) is 1. The number of pyridine rings is 1. The molecule has 0 bridgehead atoms. The van der Waals surface area contributed by atoms with Crippen LogP contribution >= 0.6 is 0 Å². The van der Waals surface area contributed by atoms with Crippen LogP contribution < -0.4 is 10.1 Å². The number of aromatic nitrogens is 3. The van der Waals surface area contributed by atoms with E-state index >= 15 is 0 Å². The largest absolute Gasteiger partial charge is 0.497 e. The van der Waals surface area contributed by atoms with E-state index < -0.39 is 10.0 Å². The summed E-state index contributed by atoms with van der Waals surface area (Å²) in [6.45, 7) is 3.97. The molecule has 0 saturated carbocycles. The minimum atomic E-state index is -3.76. The molecule has 0 radical (unpaired) electrons. The third-order valence-corrected chi connectivity index (χ3v) is 7.33. The molecule has 0 aliphatic heterocycles. The van der Waals surface area contributed by atoms with Crippen LogP contribution in [0.2, 0.25) is 0 Å². The Kier molecular flexibility index (Phi) is 6.99. The Bertz CT molecular complexity index is 1430. The van der Waals surface area contributed by atoms with Gasteiger partial charge in [-0.2, -0.15) is 4.31 Å². The van der Waals surface area contributed by atoms with Crippen LogP contribution in [0.25, 0.3) is 17.3 Å². The van der Waals surface area contributed by atoms with Gasteiger partial charge in [-0.3, -0.25) is 0 Å². The zero-order valence-electron chi connectivity index (χ0n) is 19.8. The third kappa shape index (κ3) is 5.42. The molecule has 0 fully saturated rings. The number of aryl methyl sites for hydroxylation is 1. The summed E-state index contributed by atoms with van der Waals surface area (Å²) in [6.07, 6.45) is 6.94. The predicted molar refractivity (Wildman–Crippen MR) is 138 cm³/mol. The molecule has 0 unspecified atom stereocenters. The molecule has 1 N–H and O–H groups in total. The monoisotopic (exact) mass is 489 g/mol. The molecule has 0 aliphatic rings. The SMILES string of the molecule is C=Cc1ccc(Nc2ccc(S(=O)(=O)N(C)Cc3ccc(OC)cc3)cc2-c2cn(C)cn2)nc1. The molecule has 0 spiro atoms. The predicted octanol–water partition coefficient (Wildman–Crippen LogP) is 4.70. The van der Waals surface area contributed by atoms with Crippen molar-refractivity contribution in [3.8, 4) is 17.0 Å². The van der Waals surface area contributed by atoms with Crippen molar-refractivity contribution in [3.63, 3.8) is 0 Å². The molecule has 0 atom stereocenters. The van der Waals surface area contributed by atoms with Gasteiger partial charge in [0.05, 0.1) is 24.0 Å². The van der Waals surface area contributed by atoms with Crippen molar-refractivity contribution in [2.75, 3.05) is 19.5 Å². The number of methoxy groups -OCH3 is 1. The van der Waals surface area contributed by atoms with E-state index in [0.29, 0.717) is 22.8 Å². The molecular weight excluding hydrogens is 462 g/mol. The van der Waals surface area contributed by atoms with Crippen LogP contribution in [0.15, 0.2) is 84.8 Å². The van der Waals surface area contributed by atoms with Crippen LogP contribution in [-0.2, 0) is 23.6 Å². The Morgan fingerprint density at radius 2 is 1.89 bits per heavy atom. The van der Waals surface area contributed by atoms with Gasteiger partial charge in [-0.25, -0.2) is 18.4 Å². The van der Waals surface area contributed by atoms with Gasteiger partial charge in [-0.15, -0.1) is 0 Å². The van der Waals surface area contributed by atoms with Crippen molar-refractivity contribution in [2.45, 2.75) is 11.4 Å². The van der Waals surface area contributed by atoms with Crippen molar-refractivity contribution in [1.82, 2.24) is 18.8 Å². The molecule has 35 heavy (non-hydrogen) atoms. The Balaban J connectivity index is 1.66. The first-order valence-corrected chi connectivity index (χ1v) is 12.3. The highest BCUT2D eigenvalue weighted by Crippen LogP contribution is 2.32. The van der Waals surface area contributed by atoms with E-state index in [9.17, 15) is 8.42 Å². The van der Waals surface area contributed by atoms with E-state index in [1.807, 2.05) is 54.2 Å². The Morgan fingerprint density at radius 3 is 2.49 bits per heavy atom. The lowest BCUT2D eigenvalue weighted by molar-refractivity contribution is 0.414. The first kappa shape index (κ1) is 24.2. The maximum Gasteiger partial charge on any atom is 0.243 e. The van der Waals surface area contributed by atoms with Crippen molar-refractivity contribution >= 4 is 27.6 Å². The molecule has 0 amide bonds.